The van der Waals surface area contributed by atoms with E-state index in [9.17, 15) is 9.59 Å². The van der Waals surface area contributed by atoms with E-state index in [1.165, 1.54) is 27.9 Å². The third kappa shape index (κ3) is 1950000. The SMILES string of the molecule is C.C.CC(=O)O.CC(=O)O.CN.CN.CNC(C)=O.CNC(C)=O.[3H][B].[3H][B].[Fm].[Fm]. The van der Waals surface area contributed by atoms with Gasteiger partial charge in [-0.05, 0) is 16.8 Å². The van der Waals surface area contributed by atoms with Crippen LogP contribution in [-0.2, 0) is 19.2 Å². The Morgan fingerprint density at radius 3 is 0.714 bits per heavy atom. The van der Waals surface area contributed by atoms with Crippen molar-refractivity contribution < 1.29 is 29.4 Å². The van der Waals surface area contributed by atoms with Gasteiger partial charge in [-0.15, -0.1) is 0 Å². The van der Waals surface area contributed by atoms with Crippen molar-refractivity contribution in [1.29, 1.82) is 2.67 Å². The quantitative estimate of drug-likeness (QED) is 0.164. The Bertz CT molecular complexity index is 259. The number of rotatable bonds is 0. The summed E-state index contributed by atoms with van der Waals surface area (Å²) in [6.45, 7) is 5.11. The van der Waals surface area contributed by atoms with Gasteiger partial charge in [-0.2, -0.15) is 0 Å². The zero-order valence-corrected chi connectivity index (χ0v) is 21.2. The molecule has 10 nitrogen and oxygen atoms in total. The average molecular weight is 902 g/mol. The van der Waals surface area contributed by atoms with Gasteiger partial charge in [0.2, 0.25) is 11.8 Å². The number of nitrogens with one attached hydrogen (secondary N) is 2. The number of hydrogen-bond acceptors (Lipinski definition) is 6. The van der Waals surface area contributed by atoms with Crippen molar-refractivity contribution in [3.8, 4) is 0 Å². The third-order valence-electron chi connectivity index (χ3n) is 0.704. The van der Waals surface area contributed by atoms with Crippen LogP contribution in [0.25, 0.3) is 0 Å². The topological polar surface area (TPSA) is 185 Å². The summed E-state index contributed by atoms with van der Waals surface area (Å²) in [4.78, 5) is 37.4. The van der Waals surface area contributed by atoms with Gasteiger partial charge >= 0.3 is 0 Å². The normalized spacial score (nSPS) is 5.07. The fraction of sp³-hybridized carbons (Fsp3) is 0.714. The third-order valence-corrected chi connectivity index (χ3v) is 0.704. The second-order valence-corrected chi connectivity index (χ2v) is 2.65. The first-order valence-electron chi connectivity index (χ1n) is 7.07. The van der Waals surface area contributed by atoms with Gasteiger partial charge in [0.15, 0.2) is 0 Å². The van der Waals surface area contributed by atoms with Crippen LogP contribution in [0, 0.1) is 0 Å². The fourth-order valence-corrected chi connectivity index (χ4v) is 0. The summed E-state index contributed by atoms with van der Waals surface area (Å²) in [6.07, 6.45) is 0. The predicted molar refractivity (Wildman–Crippen MR) is 114 cm³/mol. The molecular formula is C14H42B2Fm2N4O6. The van der Waals surface area contributed by atoms with Crippen LogP contribution in [0.1, 0.15) is 42.5 Å². The zero-order chi connectivity index (χ0) is 23.7. The summed E-state index contributed by atoms with van der Waals surface area (Å²) >= 11 is 0. The van der Waals surface area contributed by atoms with E-state index >= 15 is 0 Å². The van der Waals surface area contributed by atoms with Crippen molar-refractivity contribution in [3.05, 3.63) is 0 Å². The van der Waals surface area contributed by atoms with Crippen LogP contribution in [0.15, 0.2) is 0 Å². The van der Waals surface area contributed by atoms with Gasteiger partial charge in [-0.25, -0.2) is 0 Å². The van der Waals surface area contributed by atoms with Gasteiger partial charge < -0.3 is 32.3 Å². The van der Waals surface area contributed by atoms with Crippen molar-refractivity contribution >= 4 is 40.5 Å². The molecule has 0 aromatic carbocycles. The number of carbonyl (C=O) groups excluding carboxylic acids is 2. The van der Waals surface area contributed by atoms with Crippen LogP contribution in [0.2, 0.25) is 0 Å². The van der Waals surface area contributed by atoms with Gasteiger partial charge in [-0.3, -0.25) is 19.2 Å². The maximum Gasteiger partial charge on any atom is 0.300 e. The van der Waals surface area contributed by atoms with Crippen LogP contribution < -0.4 is 22.1 Å². The fourth-order valence-electron chi connectivity index (χ4n) is 0. The van der Waals surface area contributed by atoms with Crippen molar-refractivity contribution in [2.45, 2.75) is 42.5 Å². The number of hydrogen-bond donors (Lipinski definition) is 6. The van der Waals surface area contributed by atoms with E-state index in [1.54, 1.807) is 14.1 Å². The minimum absolute atomic E-state index is 0. The van der Waals surface area contributed by atoms with Crippen LogP contribution >= 0.6 is 0 Å². The molecular weight excluding hydrogens is 856 g/mol. The van der Waals surface area contributed by atoms with E-state index in [0.29, 0.717) is 0 Å². The number of amides is 2. The molecule has 0 spiro atoms. The molecule has 28 heavy (non-hydrogen) atoms. The Morgan fingerprint density at radius 1 is 0.679 bits per heavy atom. The molecule has 8 N–H and O–H groups in total. The maximum atomic E-state index is 9.70. The Labute approximate surface area is 166 Å². The molecule has 14 heteroatoms. The van der Waals surface area contributed by atoms with Crippen molar-refractivity contribution in [3.63, 3.8) is 0 Å². The number of aliphatic carboxylic acids is 2. The molecule has 0 aliphatic rings. The zero-order valence-electron chi connectivity index (χ0n) is 18.4. The van der Waals surface area contributed by atoms with Gasteiger partial charge in [-0.1, -0.05) is 14.9 Å². The molecule has 0 unspecified atom stereocenters. The first kappa shape index (κ1) is 64.8. The van der Waals surface area contributed by atoms with Gasteiger partial charge in [0.25, 0.3) is 11.9 Å². The van der Waals surface area contributed by atoms with E-state index in [0.717, 1.165) is 13.8 Å². The maximum absolute atomic E-state index is 9.70. The Kier molecular flexibility index (Phi) is 259. The summed E-state index contributed by atoms with van der Waals surface area (Å²) in [6, 6.07) is 0. The summed E-state index contributed by atoms with van der Waals surface area (Å²) in [5.74, 6) is -1.66. The van der Waals surface area contributed by atoms with E-state index in [1.807, 2.05) is 0 Å². The smallest absolute Gasteiger partial charge is 0.300 e. The summed E-state index contributed by atoms with van der Waals surface area (Å²) < 4.78 is 10.5. The first-order valence-corrected chi connectivity index (χ1v) is 5.92. The van der Waals surface area contributed by atoms with Gasteiger partial charge in [0.1, 0.15) is 0 Å². The summed E-state index contributed by atoms with van der Waals surface area (Å²) in [5.41, 5.74) is 9.00. The molecule has 0 rings (SSSR count). The van der Waals surface area contributed by atoms with Gasteiger partial charge in [0.05, 0.1) is 0 Å². The molecule has 0 atom stereocenters. The van der Waals surface area contributed by atoms with Crippen molar-refractivity contribution in [2.24, 2.45) is 11.5 Å². The largest absolute Gasteiger partial charge is 0.481 e. The molecule has 4 radical (unpaired) electrons. The van der Waals surface area contributed by atoms with Gasteiger partial charge in [0, 0.05) is 58.5 Å². The second-order valence-electron chi connectivity index (χ2n) is 2.65. The number of carboxylic acids is 2. The van der Waals surface area contributed by atoms with E-state index in [-0.39, 0.29) is 26.7 Å². The van der Waals surface area contributed by atoms with Crippen molar-refractivity contribution in [2.75, 3.05) is 28.2 Å². The van der Waals surface area contributed by atoms with Crippen LogP contribution in [-0.4, -0.2) is 81.6 Å². The van der Waals surface area contributed by atoms with E-state index in [2.05, 4.69) is 38.9 Å². The number of carbonyl (C=O) groups is 4. The van der Waals surface area contributed by atoms with E-state index < -0.39 is 11.9 Å². The average Bonchev–Trinajstić information content (AvgIpc) is 2.61. The minimum Gasteiger partial charge on any atom is -0.481 e. The van der Waals surface area contributed by atoms with Crippen molar-refractivity contribution in [1.82, 2.24) is 10.6 Å². The molecule has 0 fully saturated rings. The monoisotopic (exact) mass is 903 g/mol. The first-order chi connectivity index (χ1) is 12.0. The molecule has 0 aliphatic heterocycles. The summed E-state index contributed by atoms with van der Waals surface area (Å²) in [5, 5.41) is 19.6. The molecule has 0 heterocycles. The second kappa shape index (κ2) is 112. The molecule has 0 bridgehead atoms. The van der Waals surface area contributed by atoms with Crippen LogP contribution in [0.5, 0.6) is 0 Å². The number of nitrogens with two attached hydrogens (primary N) is 2. The molecule has 0 aromatic heterocycles. The minimum atomic E-state index is -0.833. The number of carboxylic acid groups (broad SMARTS) is 2. The summed E-state index contributed by atoms with van der Waals surface area (Å²) in [7, 11) is 13.7. The Morgan fingerprint density at radius 2 is 0.714 bits per heavy atom. The standard InChI is InChI=1S/2C3H7NO.2C2H4O2.2CH5N.2CH4.2BH.2Fm/c2*1-3(5)4-2;2*1-2(3)4;2*1-2;;;;;;/h2*1-2H3,(H,4,5);2*1H3,(H,3,4);2*2H2,1H3;2*1H4;2*1H;;/i;;;;;;;;2*1T;;. The molecule has 2 amide bonds. The predicted octanol–water partition coefficient (Wildman–Crippen LogP) is -1.19. The Balaban J connectivity index is -0.0000000125. The molecule has 0 aliphatic carbocycles. The Hall–Kier alpha value is -4.07. The molecule has 0 aromatic rings. The van der Waals surface area contributed by atoms with Crippen LogP contribution in [0.4, 0.5) is 0 Å². The molecule has 0 saturated carbocycles. The molecule has 0 saturated heterocycles. The van der Waals surface area contributed by atoms with Crippen LogP contribution in [0.3, 0.4) is 0 Å². The van der Waals surface area contributed by atoms with E-state index in [4.69, 9.17) is 22.5 Å². The molecule has 184 valence electrons.